The second-order valence-corrected chi connectivity index (χ2v) is 8.93. The van der Waals surface area contributed by atoms with Gasteiger partial charge in [-0.2, -0.15) is 5.10 Å². The largest absolute Gasteiger partial charge is 0.324 e. The molecular formula is C26H25N5. The van der Waals surface area contributed by atoms with Gasteiger partial charge in [0.25, 0.3) is 0 Å². The third kappa shape index (κ3) is 3.63. The molecule has 0 bridgehead atoms. The Morgan fingerprint density at radius 2 is 1.52 bits per heavy atom. The highest BCUT2D eigenvalue weighted by molar-refractivity contribution is 5.95. The van der Waals surface area contributed by atoms with E-state index in [1.54, 1.807) is 6.20 Å². The molecule has 0 aliphatic carbocycles. The second kappa shape index (κ2) is 7.20. The minimum Gasteiger partial charge on any atom is -0.324 e. The first-order chi connectivity index (χ1) is 14.9. The molecule has 0 saturated carbocycles. The lowest BCUT2D eigenvalue weighted by Gasteiger charge is -2.14. The van der Waals surface area contributed by atoms with Crippen molar-refractivity contribution in [3.05, 3.63) is 84.2 Å². The number of hydrogen-bond acceptors (Lipinski definition) is 4. The summed E-state index contributed by atoms with van der Waals surface area (Å²) in [5, 5.41) is 10.7. The predicted octanol–water partition coefficient (Wildman–Crippen LogP) is 6.32. The van der Waals surface area contributed by atoms with Crippen LogP contribution in [0.25, 0.3) is 27.5 Å². The zero-order valence-electron chi connectivity index (χ0n) is 18.2. The zero-order chi connectivity index (χ0) is 21.6. The van der Waals surface area contributed by atoms with Crippen LogP contribution in [0.1, 0.15) is 32.0 Å². The minimum atomic E-state index is -0.0711. The van der Waals surface area contributed by atoms with Gasteiger partial charge in [0.15, 0.2) is 5.82 Å². The van der Waals surface area contributed by atoms with Gasteiger partial charge in [-0.3, -0.25) is 4.98 Å². The fraction of sp³-hybridized carbons (Fsp3) is 0.192. The summed E-state index contributed by atoms with van der Waals surface area (Å²) >= 11 is 0. The highest BCUT2D eigenvalue weighted by atomic mass is 15.3. The zero-order valence-corrected chi connectivity index (χ0v) is 18.2. The molecule has 1 N–H and O–H groups in total. The van der Waals surface area contributed by atoms with Crippen LogP contribution in [0.5, 0.6) is 0 Å². The maximum Gasteiger partial charge on any atom is 0.150 e. The molecule has 3 aromatic carbocycles. The minimum absolute atomic E-state index is 0.0711. The number of benzene rings is 3. The Balaban J connectivity index is 1.60. The molecule has 0 spiro atoms. The van der Waals surface area contributed by atoms with Crippen LogP contribution in [0.4, 0.5) is 11.6 Å². The van der Waals surface area contributed by atoms with Crippen LogP contribution in [0.3, 0.4) is 0 Å². The highest BCUT2D eigenvalue weighted by Crippen LogP contribution is 2.29. The van der Waals surface area contributed by atoms with Gasteiger partial charge in [0.2, 0.25) is 0 Å². The maximum absolute atomic E-state index is 4.92. The molecule has 5 nitrogen and oxygen atoms in total. The number of fused-ring (bicyclic) bond motifs is 2. The number of nitrogens with one attached hydrogen (secondary N) is 1. The molecule has 0 aliphatic rings. The van der Waals surface area contributed by atoms with Crippen molar-refractivity contribution < 1.29 is 0 Å². The van der Waals surface area contributed by atoms with Crippen molar-refractivity contribution in [3.8, 4) is 5.69 Å². The number of para-hydroxylation sites is 1. The summed E-state index contributed by atoms with van der Waals surface area (Å²) in [5.41, 5.74) is 4.88. The third-order valence-electron chi connectivity index (χ3n) is 5.49. The van der Waals surface area contributed by atoms with Gasteiger partial charge >= 0.3 is 0 Å². The SMILES string of the molecule is Cc1ccccc1-n1nc(C(C)(C)C)cc1Nc1cnc2cc3ccccc3cc2n1. The Morgan fingerprint density at radius 3 is 2.23 bits per heavy atom. The summed E-state index contributed by atoms with van der Waals surface area (Å²) in [6.07, 6.45) is 1.78. The van der Waals surface area contributed by atoms with Crippen molar-refractivity contribution in [1.29, 1.82) is 0 Å². The molecule has 0 unspecified atom stereocenters. The van der Waals surface area contributed by atoms with Gasteiger partial charge in [0, 0.05) is 11.5 Å². The van der Waals surface area contributed by atoms with Crippen molar-refractivity contribution >= 4 is 33.4 Å². The van der Waals surface area contributed by atoms with E-state index >= 15 is 0 Å². The number of anilines is 2. The van der Waals surface area contributed by atoms with Crippen LogP contribution in [0.15, 0.2) is 72.9 Å². The monoisotopic (exact) mass is 407 g/mol. The Labute approximate surface area is 181 Å². The number of nitrogens with zero attached hydrogens (tertiary/aromatic N) is 4. The number of rotatable bonds is 3. The van der Waals surface area contributed by atoms with E-state index in [9.17, 15) is 0 Å². The fourth-order valence-electron chi connectivity index (χ4n) is 3.71. The molecule has 154 valence electrons. The van der Waals surface area contributed by atoms with Gasteiger partial charge in [0.05, 0.1) is 28.6 Å². The van der Waals surface area contributed by atoms with Crippen LogP contribution >= 0.6 is 0 Å². The lowest BCUT2D eigenvalue weighted by molar-refractivity contribution is 0.560. The van der Waals surface area contributed by atoms with E-state index in [-0.39, 0.29) is 5.41 Å². The second-order valence-electron chi connectivity index (χ2n) is 8.93. The molecule has 0 saturated heterocycles. The van der Waals surface area contributed by atoms with E-state index in [0.717, 1.165) is 44.6 Å². The predicted molar refractivity (Wildman–Crippen MR) is 127 cm³/mol. The highest BCUT2D eigenvalue weighted by Gasteiger charge is 2.21. The first-order valence-electron chi connectivity index (χ1n) is 10.5. The van der Waals surface area contributed by atoms with E-state index in [4.69, 9.17) is 10.1 Å². The van der Waals surface area contributed by atoms with Gasteiger partial charge in [-0.25, -0.2) is 9.67 Å². The van der Waals surface area contributed by atoms with Crippen LogP contribution < -0.4 is 5.32 Å². The number of hydrogen-bond donors (Lipinski definition) is 1. The molecule has 0 radical (unpaired) electrons. The van der Waals surface area contributed by atoms with E-state index in [0.29, 0.717) is 5.82 Å². The van der Waals surface area contributed by atoms with Crippen molar-refractivity contribution in [1.82, 2.24) is 19.7 Å². The smallest absolute Gasteiger partial charge is 0.150 e. The average Bonchev–Trinajstić information content (AvgIpc) is 3.16. The van der Waals surface area contributed by atoms with Crippen LogP contribution in [0.2, 0.25) is 0 Å². The lowest BCUT2D eigenvalue weighted by Crippen LogP contribution is -2.12. The summed E-state index contributed by atoms with van der Waals surface area (Å²) < 4.78 is 1.96. The molecule has 5 heteroatoms. The van der Waals surface area contributed by atoms with E-state index in [1.807, 2.05) is 28.9 Å². The Bertz CT molecular complexity index is 1410. The summed E-state index contributed by atoms with van der Waals surface area (Å²) in [7, 11) is 0. The van der Waals surface area contributed by atoms with Crippen molar-refractivity contribution in [2.24, 2.45) is 0 Å². The normalized spacial score (nSPS) is 11.9. The van der Waals surface area contributed by atoms with Crippen LogP contribution in [-0.2, 0) is 5.41 Å². The first kappa shape index (κ1) is 19.2. The molecule has 0 fully saturated rings. The molecule has 0 atom stereocenters. The van der Waals surface area contributed by atoms with Crippen molar-refractivity contribution in [3.63, 3.8) is 0 Å². The van der Waals surface area contributed by atoms with Gasteiger partial charge in [0.1, 0.15) is 5.82 Å². The molecule has 2 heterocycles. The third-order valence-corrected chi connectivity index (χ3v) is 5.49. The quantitative estimate of drug-likeness (QED) is 0.356. The van der Waals surface area contributed by atoms with Crippen molar-refractivity contribution in [2.45, 2.75) is 33.1 Å². The molecule has 0 aliphatic heterocycles. The standard InChI is InChI=1S/C26H25N5/c1-17-9-5-8-12-22(17)31-25(15-23(30-31)26(2,3)4)29-24-16-27-20-13-18-10-6-7-11-19(18)14-21(20)28-24/h5-16H,1-4H3,(H,28,29). The van der Waals surface area contributed by atoms with Gasteiger partial charge < -0.3 is 5.32 Å². The number of aryl methyl sites for hydroxylation is 1. The fourth-order valence-corrected chi connectivity index (χ4v) is 3.71. The molecule has 0 amide bonds. The lowest BCUT2D eigenvalue weighted by atomic mass is 9.92. The topological polar surface area (TPSA) is 55.6 Å². The molecule has 31 heavy (non-hydrogen) atoms. The maximum atomic E-state index is 4.92. The molecular weight excluding hydrogens is 382 g/mol. The first-order valence-corrected chi connectivity index (χ1v) is 10.5. The molecule has 5 aromatic rings. The Hall–Kier alpha value is -3.73. The van der Waals surface area contributed by atoms with E-state index in [1.165, 1.54) is 0 Å². The summed E-state index contributed by atoms with van der Waals surface area (Å²) in [6, 6.07) is 22.8. The van der Waals surface area contributed by atoms with E-state index < -0.39 is 0 Å². The average molecular weight is 408 g/mol. The Morgan fingerprint density at radius 1 is 0.839 bits per heavy atom. The Kier molecular flexibility index (Phi) is 4.47. The van der Waals surface area contributed by atoms with Gasteiger partial charge in [-0.05, 0) is 41.5 Å². The molecule has 2 aromatic heterocycles. The number of aromatic nitrogens is 4. The van der Waals surface area contributed by atoms with E-state index in [2.05, 4.69) is 80.5 Å². The van der Waals surface area contributed by atoms with Gasteiger partial charge in [-0.1, -0.05) is 63.2 Å². The van der Waals surface area contributed by atoms with Crippen LogP contribution in [-0.4, -0.2) is 19.7 Å². The summed E-state index contributed by atoms with van der Waals surface area (Å²) in [5.74, 6) is 1.56. The van der Waals surface area contributed by atoms with Gasteiger partial charge in [-0.15, -0.1) is 0 Å². The summed E-state index contributed by atoms with van der Waals surface area (Å²) in [6.45, 7) is 8.60. The van der Waals surface area contributed by atoms with Crippen molar-refractivity contribution in [2.75, 3.05) is 5.32 Å². The van der Waals surface area contributed by atoms with Crippen LogP contribution in [0, 0.1) is 6.92 Å². The summed E-state index contributed by atoms with van der Waals surface area (Å²) in [4.78, 5) is 9.48. The molecule has 5 rings (SSSR count).